The second-order valence-corrected chi connectivity index (χ2v) is 6.82. The first kappa shape index (κ1) is 17.8. The number of amides is 1. The Morgan fingerprint density at radius 3 is 2.57 bits per heavy atom. The first-order valence-electron chi connectivity index (χ1n) is 6.02. The normalized spacial score (nSPS) is 11.2. The number of hydrogen-bond donors (Lipinski definition) is 2. The van der Waals surface area contributed by atoms with Gasteiger partial charge in [0, 0.05) is 19.2 Å². The molecule has 1 amide bonds. The zero-order valence-corrected chi connectivity index (χ0v) is 14.0. The molecular formula is C12H16ClN3O3S2. The summed E-state index contributed by atoms with van der Waals surface area (Å²) in [7, 11) is -2.30. The number of likely N-dealkylation sites (N-methyl/N-ethyl adjacent to an activating group) is 1. The van der Waals surface area contributed by atoms with E-state index in [0.717, 1.165) is 0 Å². The quantitative estimate of drug-likeness (QED) is 0.739. The SMILES string of the molecule is CCN(C)C(=O)CNS(=O)(=O)c1ccc(C(N)=S)cc1Cl. The Hall–Kier alpha value is -1.22. The molecule has 1 aromatic rings. The zero-order valence-electron chi connectivity index (χ0n) is 11.6. The lowest BCUT2D eigenvalue weighted by Gasteiger charge is -2.15. The van der Waals surface area contributed by atoms with E-state index in [2.05, 4.69) is 4.72 Å². The zero-order chi connectivity index (χ0) is 16.2. The minimum absolute atomic E-state index is 0.0101. The number of nitrogens with two attached hydrogens (primary N) is 1. The molecule has 0 saturated heterocycles. The Labute approximate surface area is 134 Å². The maximum absolute atomic E-state index is 12.1. The van der Waals surface area contributed by atoms with E-state index >= 15 is 0 Å². The number of benzene rings is 1. The molecule has 0 aliphatic rings. The van der Waals surface area contributed by atoms with Crippen LogP contribution in [0.5, 0.6) is 0 Å². The van der Waals surface area contributed by atoms with Gasteiger partial charge in [0.05, 0.1) is 11.6 Å². The van der Waals surface area contributed by atoms with E-state index in [4.69, 9.17) is 29.6 Å². The number of thiocarbonyl (C=S) groups is 1. The van der Waals surface area contributed by atoms with Gasteiger partial charge in [0.1, 0.15) is 9.88 Å². The number of carbonyl (C=O) groups excluding carboxylic acids is 1. The molecule has 3 N–H and O–H groups in total. The number of hydrogen-bond acceptors (Lipinski definition) is 4. The fourth-order valence-electron chi connectivity index (χ4n) is 1.42. The molecule has 21 heavy (non-hydrogen) atoms. The lowest BCUT2D eigenvalue weighted by atomic mass is 10.2. The number of rotatable bonds is 6. The van der Waals surface area contributed by atoms with Gasteiger partial charge in [-0.15, -0.1) is 0 Å². The van der Waals surface area contributed by atoms with Gasteiger partial charge in [-0.3, -0.25) is 4.79 Å². The van der Waals surface area contributed by atoms with Crippen LogP contribution in [-0.4, -0.2) is 44.4 Å². The van der Waals surface area contributed by atoms with E-state index in [1.807, 2.05) is 0 Å². The predicted octanol–water partition coefficient (Wildman–Crippen LogP) is 0.731. The van der Waals surface area contributed by atoms with Crippen LogP contribution in [0, 0.1) is 0 Å². The summed E-state index contributed by atoms with van der Waals surface area (Å²) in [6.07, 6.45) is 0. The van der Waals surface area contributed by atoms with Crippen molar-refractivity contribution >= 4 is 44.7 Å². The lowest BCUT2D eigenvalue weighted by molar-refractivity contribution is -0.128. The van der Waals surface area contributed by atoms with E-state index in [1.165, 1.54) is 23.1 Å². The van der Waals surface area contributed by atoms with Gasteiger partial charge in [0.15, 0.2) is 0 Å². The molecule has 0 radical (unpaired) electrons. The van der Waals surface area contributed by atoms with Gasteiger partial charge < -0.3 is 10.6 Å². The first-order chi connectivity index (χ1) is 9.69. The fourth-order valence-corrected chi connectivity index (χ4v) is 3.06. The summed E-state index contributed by atoms with van der Waals surface area (Å²) in [5, 5.41) is -0.0101. The third kappa shape index (κ3) is 4.63. The minimum Gasteiger partial charge on any atom is -0.389 e. The van der Waals surface area contributed by atoms with Gasteiger partial charge in [-0.2, -0.15) is 0 Å². The molecule has 116 valence electrons. The van der Waals surface area contributed by atoms with Crippen LogP contribution in [0.4, 0.5) is 0 Å². The Morgan fingerprint density at radius 2 is 2.10 bits per heavy atom. The van der Waals surface area contributed by atoms with Crippen molar-refractivity contribution < 1.29 is 13.2 Å². The summed E-state index contributed by atoms with van der Waals surface area (Å²) in [6.45, 7) is 1.95. The van der Waals surface area contributed by atoms with Crippen LogP contribution < -0.4 is 10.5 Å². The number of sulfonamides is 1. The molecule has 1 rings (SSSR count). The highest BCUT2D eigenvalue weighted by Crippen LogP contribution is 2.22. The molecule has 6 nitrogen and oxygen atoms in total. The molecule has 0 unspecified atom stereocenters. The molecule has 0 heterocycles. The Balaban J connectivity index is 2.94. The first-order valence-corrected chi connectivity index (χ1v) is 8.29. The average molecular weight is 350 g/mol. The molecule has 0 fully saturated rings. The van der Waals surface area contributed by atoms with Crippen LogP contribution in [0.25, 0.3) is 0 Å². The molecule has 9 heteroatoms. The van der Waals surface area contributed by atoms with Gasteiger partial charge in [-0.05, 0) is 19.1 Å². The molecule has 0 bridgehead atoms. The second-order valence-electron chi connectivity index (χ2n) is 4.24. The fraction of sp³-hybridized carbons (Fsp3) is 0.333. The van der Waals surface area contributed by atoms with Crippen molar-refractivity contribution in [1.29, 1.82) is 0 Å². The number of halogens is 1. The summed E-state index contributed by atoms with van der Waals surface area (Å²) in [6, 6.07) is 4.13. The average Bonchev–Trinajstić information content (AvgIpc) is 2.43. The van der Waals surface area contributed by atoms with Crippen LogP contribution in [0.2, 0.25) is 5.02 Å². The Bertz CT molecular complexity index is 662. The smallest absolute Gasteiger partial charge is 0.242 e. The lowest BCUT2D eigenvalue weighted by Crippen LogP contribution is -2.38. The summed E-state index contributed by atoms with van der Waals surface area (Å²) < 4.78 is 26.5. The monoisotopic (exact) mass is 349 g/mol. The van der Waals surface area contributed by atoms with E-state index < -0.39 is 10.0 Å². The van der Waals surface area contributed by atoms with E-state index in [1.54, 1.807) is 14.0 Å². The van der Waals surface area contributed by atoms with E-state index in [9.17, 15) is 13.2 Å². The highest BCUT2D eigenvalue weighted by Gasteiger charge is 2.20. The third-order valence-electron chi connectivity index (χ3n) is 2.82. The maximum Gasteiger partial charge on any atom is 0.242 e. The molecule has 1 aromatic carbocycles. The van der Waals surface area contributed by atoms with Crippen molar-refractivity contribution in [3.8, 4) is 0 Å². The summed E-state index contributed by atoms with van der Waals surface area (Å²) >= 11 is 10.7. The van der Waals surface area contributed by atoms with Gasteiger partial charge in [0.2, 0.25) is 15.9 Å². The topological polar surface area (TPSA) is 92.5 Å². The number of nitrogens with one attached hydrogen (secondary N) is 1. The highest BCUT2D eigenvalue weighted by atomic mass is 35.5. The molecule has 0 aliphatic heterocycles. The minimum atomic E-state index is -3.88. The molecule has 0 atom stereocenters. The van der Waals surface area contributed by atoms with Crippen LogP contribution in [-0.2, 0) is 14.8 Å². The van der Waals surface area contributed by atoms with Crippen molar-refractivity contribution in [3.63, 3.8) is 0 Å². The van der Waals surface area contributed by atoms with Crippen molar-refractivity contribution in [3.05, 3.63) is 28.8 Å². The largest absolute Gasteiger partial charge is 0.389 e. The summed E-state index contributed by atoms with van der Waals surface area (Å²) in [4.78, 5) is 13.0. The van der Waals surface area contributed by atoms with Crippen molar-refractivity contribution in [1.82, 2.24) is 9.62 Å². The van der Waals surface area contributed by atoms with E-state index in [0.29, 0.717) is 12.1 Å². The van der Waals surface area contributed by atoms with Crippen molar-refractivity contribution in [2.75, 3.05) is 20.1 Å². The molecular weight excluding hydrogens is 334 g/mol. The van der Waals surface area contributed by atoms with Gasteiger partial charge in [-0.25, -0.2) is 13.1 Å². The van der Waals surface area contributed by atoms with Crippen LogP contribution in [0.3, 0.4) is 0 Å². The van der Waals surface area contributed by atoms with E-state index in [-0.39, 0.29) is 27.4 Å². The second kappa shape index (κ2) is 7.17. The van der Waals surface area contributed by atoms with Gasteiger partial charge >= 0.3 is 0 Å². The Morgan fingerprint density at radius 1 is 1.48 bits per heavy atom. The highest BCUT2D eigenvalue weighted by molar-refractivity contribution is 7.89. The summed E-state index contributed by atoms with van der Waals surface area (Å²) in [5.74, 6) is -0.336. The van der Waals surface area contributed by atoms with Crippen LogP contribution in [0.1, 0.15) is 12.5 Å². The third-order valence-corrected chi connectivity index (χ3v) is 4.94. The van der Waals surface area contributed by atoms with Crippen molar-refractivity contribution in [2.24, 2.45) is 5.73 Å². The molecule has 0 spiro atoms. The predicted molar refractivity (Wildman–Crippen MR) is 85.8 cm³/mol. The number of nitrogens with zero attached hydrogens (tertiary/aromatic N) is 1. The van der Waals surface area contributed by atoms with Gasteiger partial charge in [-0.1, -0.05) is 29.9 Å². The summed E-state index contributed by atoms with van der Waals surface area (Å²) in [5.41, 5.74) is 5.91. The standard InChI is InChI=1S/C12H16ClN3O3S2/c1-3-16(2)11(17)7-15-21(18,19)10-5-4-8(12(14)20)6-9(10)13/h4-6,15H,3,7H2,1-2H3,(H2,14,20). The van der Waals surface area contributed by atoms with Crippen LogP contribution >= 0.6 is 23.8 Å². The number of carbonyl (C=O) groups is 1. The Kier molecular flexibility index (Phi) is 6.09. The molecule has 0 saturated carbocycles. The maximum atomic E-state index is 12.1. The van der Waals surface area contributed by atoms with Crippen LogP contribution in [0.15, 0.2) is 23.1 Å². The van der Waals surface area contributed by atoms with Gasteiger partial charge in [0.25, 0.3) is 0 Å². The van der Waals surface area contributed by atoms with Crippen molar-refractivity contribution in [2.45, 2.75) is 11.8 Å². The molecule has 0 aromatic heterocycles. The molecule has 0 aliphatic carbocycles.